The number of aliphatic hydroxyl groups excluding tert-OH is 1. The molecule has 3 amide bonds. The first-order chi connectivity index (χ1) is 9.83. The molecule has 0 spiro atoms. The molecule has 0 aromatic heterocycles. The molecule has 2 bridgehead atoms. The van der Waals surface area contributed by atoms with E-state index in [4.69, 9.17) is 9.66 Å². The average Bonchev–Trinajstić information content (AvgIpc) is 2.63. The van der Waals surface area contributed by atoms with E-state index in [9.17, 15) is 18.0 Å². The number of rotatable bonds is 6. The van der Waals surface area contributed by atoms with Crippen molar-refractivity contribution >= 4 is 51.9 Å². The number of hydrogen-bond acceptors (Lipinski definition) is 7. The third-order valence-electron chi connectivity index (χ3n) is 3.17. The van der Waals surface area contributed by atoms with Crippen LogP contribution in [0.25, 0.3) is 0 Å². The van der Waals surface area contributed by atoms with Crippen molar-refractivity contribution in [2.45, 2.75) is 24.9 Å². The minimum absolute atomic E-state index is 0. The number of amides is 3. The molecule has 121 valence electrons. The Labute approximate surface area is 148 Å². The van der Waals surface area contributed by atoms with Gasteiger partial charge in [-0.15, -0.1) is 4.28 Å². The number of aliphatic hydroxyl groups is 1. The van der Waals surface area contributed by atoms with E-state index >= 15 is 0 Å². The van der Waals surface area contributed by atoms with E-state index in [1.807, 2.05) is 0 Å². The van der Waals surface area contributed by atoms with Gasteiger partial charge < -0.3 is 10.0 Å². The summed E-state index contributed by atoms with van der Waals surface area (Å²) in [5.41, 5.74) is 2.10. The summed E-state index contributed by atoms with van der Waals surface area (Å²) in [5, 5.41) is 9.09. The van der Waals surface area contributed by atoms with E-state index in [0.717, 1.165) is 4.90 Å². The normalized spacial score (nSPS) is 24.2. The van der Waals surface area contributed by atoms with Crippen LogP contribution in [0.2, 0.25) is 0 Å². The summed E-state index contributed by atoms with van der Waals surface area (Å²) in [5.74, 6) is -0.580. The van der Waals surface area contributed by atoms with Crippen LogP contribution >= 0.6 is 0 Å². The van der Waals surface area contributed by atoms with Crippen LogP contribution in [-0.4, -0.2) is 101 Å². The Bertz CT molecular complexity index is 529. The van der Waals surface area contributed by atoms with E-state index in [1.54, 1.807) is 0 Å². The van der Waals surface area contributed by atoms with Crippen molar-refractivity contribution in [2.24, 2.45) is 0 Å². The molecule has 2 fully saturated rings. The van der Waals surface area contributed by atoms with Crippen molar-refractivity contribution in [1.82, 2.24) is 15.4 Å². The second-order valence-corrected chi connectivity index (χ2v) is 5.55. The first-order valence-electron chi connectivity index (χ1n) is 6.13. The zero-order valence-corrected chi connectivity index (χ0v) is 14.7. The minimum Gasteiger partial charge on any atom is -0.394 e. The Kier molecular flexibility index (Phi) is 7.01. The molecule has 2 saturated heterocycles. The Morgan fingerprint density at radius 1 is 1.41 bits per heavy atom. The molecule has 0 aromatic rings. The molecule has 2 aliphatic heterocycles. The third kappa shape index (κ3) is 4.52. The molecule has 2 rings (SSSR count). The smallest absolute Gasteiger partial charge is 0.394 e. The van der Waals surface area contributed by atoms with Crippen molar-refractivity contribution < 1.29 is 36.8 Å². The van der Waals surface area contributed by atoms with Gasteiger partial charge in [-0.2, -0.15) is 13.5 Å². The van der Waals surface area contributed by atoms with Gasteiger partial charge in [0.25, 0.3) is 5.91 Å². The summed E-state index contributed by atoms with van der Waals surface area (Å²) in [4.78, 5) is 29.7. The van der Waals surface area contributed by atoms with Crippen molar-refractivity contribution in [3.8, 4) is 0 Å². The number of hydrogen-bond donors (Lipinski definition) is 3. The summed E-state index contributed by atoms with van der Waals surface area (Å²) < 4.78 is 34.3. The first-order valence-corrected chi connectivity index (χ1v) is 7.49. The number of fused-ring (bicyclic) bond motifs is 2. The van der Waals surface area contributed by atoms with Crippen LogP contribution in [0.3, 0.4) is 0 Å². The third-order valence-corrected chi connectivity index (χ3v) is 3.52. The number of carbonyl (C=O) groups excluding carboxylic acids is 2. The number of urea groups is 1. The van der Waals surface area contributed by atoms with Crippen molar-refractivity contribution in [1.29, 1.82) is 0 Å². The maximum Gasteiger partial charge on any atom is 0.418 e. The second kappa shape index (κ2) is 7.88. The molecule has 3 N–H and O–H groups in total. The Hall–Kier alpha value is -0.470. The molecule has 2 heterocycles. The quantitative estimate of drug-likeness (QED) is 0.209. The van der Waals surface area contributed by atoms with Crippen LogP contribution in [0.5, 0.6) is 0 Å². The zero-order valence-electron chi connectivity index (χ0n) is 11.8. The van der Waals surface area contributed by atoms with Gasteiger partial charge in [0.05, 0.1) is 19.3 Å². The largest absolute Gasteiger partial charge is 0.418 e. The van der Waals surface area contributed by atoms with Crippen LogP contribution in [0.15, 0.2) is 0 Å². The Morgan fingerprint density at radius 2 is 2.09 bits per heavy atom. The van der Waals surface area contributed by atoms with Crippen molar-refractivity contribution in [3.05, 3.63) is 0 Å². The molecule has 2 aliphatic rings. The molecule has 22 heavy (non-hydrogen) atoms. The van der Waals surface area contributed by atoms with Crippen LogP contribution in [0.4, 0.5) is 4.79 Å². The van der Waals surface area contributed by atoms with E-state index in [0.29, 0.717) is 11.5 Å². The molecule has 1 radical (unpaired) electrons. The summed E-state index contributed by atoms with van der Waals surface area (Å²) >= 11 is 0. The first kappa shape index (κ1) is 19.6. The number of hydroxylamine groups is 3. The maximum absolute atomic E-state index is 12.0. The maximum atomic E-state index is 12.0. The van der Waals surface area contributed by atoms with E-state index in [1.165, 1.54) is 0 Å². The number of nitrogens with one attached hydrogen (secondary N) is 1. The number of carbonyl (C=O) groups is 2. The molecular formula is C9H15N3NaO8S. The van der Waals surface area contributed by atoms with Gasteiger partial charge in [-0.05, 0) is 12.8 Å². The fraction of sp³-hybridized carbons (Fsp3) is 0.778. The molecule has 0 aromatic carbocycles. The van der Waals surface area contributed by atoms with Gasteiger partial charge in [0, 0.05) is 36.1 Å². The molecule has 13 heteroatoms. The Balaban J connectivity index is 0.00000242. The second-order valence-electron chi connectivity index (χ2n) is 4.55. The summed E-state index contributed by atoms with van der Waals surface area (Å²) in [7, 11) is -4.81. The van der Waals surface area contributed by atoms with Gasteiger partial charge in [-0.1, -0.05) is 0 Å². The van der Waals surface area contributed by atoms with Crippen LogP contribution in [-0.2, 0) is 24.3 Å². The standard InChI is InChI=1S/C9H15N3O8S.Na/c13-3-4-19-10-8(14)7-2-1-6-5-11(7)9(15)12(6)20-21(16,17)18;/h6-7,13H,1-5H2,(H,10,14)(H,16,17,18);/t6-,7+;/m1./s1. The predicted octanol–water partition coefficient (Wildman–Crippen LogP) is -2.35. The van der Waals surface area contributed by atoms with Crippen LogP contribution in [0.1, 0.15) is 12.8 Å². The molecule has 0 saturated carbocycles. The summed E-state index contributed by atoms with van der Waals surface area (Å²) in [6, 6.07) is -2.21. The minimum atomic E-state index is -4.81. The predicted molar refractivity (Wildman–Crippen MR) is 70.3 cm³/mol. The number of piperidine rings is 1. The average molecular weight is 348 g/mol. The topological polar surface area (TPSA) is 146 Å². The van der Waals surface area contributed by atoms with Gasteiger partial charge in [-0.3, -0.25) is 14.2 Å². The molecule has 11 nitrogen and oxygen atoms in total. The van der Waals surface area contributed by atoms with E-state index < -0.39 is 34.4 Å². The van der Waals surface area contributed by atoms with Gasteiger partial charge >= 0.3 is 16.4 Å². The molecule has 0 aliphatic carbocycles. The van der Waals surface area contributed by atoms with Gasteiger partial charge in [0.15, 0.2) is 0 Å². The molecule has 0 unspecified atom stereocenters. The fourth-order valence-corrected chi connectivity index (χ4v) is 2.73. The molecular weight excluding hydrogens is 333 g/mol. The zero-order chi connectivity index (χ0) is 15.6. The van der Waals surface area contributed by atoms with Crippen molar-refractivity contribution in [2.75, 3.05) is 19.8 Å². The number of nitrogens with zero attached hydrogens (tertiary/aromatic N) is 2. The van der Waals surface area contributed by atoms with Crippen molar-refractivity contribution in [3.63, 3.8) is 0 Å². The molecule has 2 atom stereocenters. The Morgan fingerprint density at radius 3 is 2.68 bits per heavy atom. The SMILES string of the molecule is O=C(NOCCO)[C@@H]1CC[C@@H]2CN1C(=O)N2OS(=O)(=O)O.[Na]. The van der Waals surface area contributed by atoms with E-state index in [-0.39, 0.29) is 55.7 Å². The van der Waals surface area contributed by atoms with E-state index in [2.05, 4.69) is 14.6 Å². The van der Waals surface area contributed by atoms with Gasteiger partial charge in [0.2, 0.25) is 0 Å². The van der Waals surface area contributed by atoms with Gasteiger partial charge in [-0.25, -0.2) is 10.3 Å². The van der Waals surface area contributed by atoms with Gasteiger partial charge in [0.1, 0.15) is 6.04 Å². The van der Waals surface area contributed by atoms with Crippen LogP contribution < -0.4 is 5.48 Å². The fourth-order valence-electron chi connectivity index (χ4n) is 2.34. The summed E-state index contributed by atoms with van der Waals surface area (Å²) in [6.45, 7) is -0.259. The monoisotopic (exact) mass is 348 g/mol. The van der Waals surface area contributed by atoms with Crippen LogP contribution in [0, 0.1) is 0 Å². The summed E-state index contributed by atoms with van der Waals surface area (Å²) in [6.07, 6.45) is 0.617.